The third-order valence-corrected chi connectivity index (χ3v) is 4.17. The maximum absolute atomic E-state index is 5.53. The Labute approximate surface area is 120 Å². The average molecular weight is 279 g/mol. The third kappa shape index (κ3) is 3.77. The molecule has 1 N–H and O–H groups in total. The van der Waals surface area contributed by atoms with Gasteiger partial charge in [0, 0.05) is 37.9 Å². The molecule has 1 unspecified atom stereocenters. The Morgan fingerprint density at radius 3 is 3.10 bits per heavy atom. The first-order chi connectivity index (χ1) is 9.85. The lowest BCUT2D eigenvalue weighted by molar-refractivity contribution is -0.0103. The predicted molar refractivity (Wildman–Crippen MR) is 76.4 cm³/mol. The molecule has 1 atom stereocenters. The molecule has 6 nitrogen and oxygen atoms in total. The summed E-state index contributed by atoms with van der Waals surface area (Å²) in [5, 5.41) is 11.9. The van der Waals surface area contributed by atoms with Crippen LogP contribution in [0.2, 0.25) is 0 Å². The summed E-state index contributed by atoms with van der Waals surface area (Å²) in [6.07, 6.45) is 5.83. The Hall–Kier alpha value is -0.980. The molecule has 1 aromatic rings. The van der Waals surface area contributed by atoms with Gasteiger partial charge in [0.25, 0.3) is 0 Å². The fraction of sp³-hybridized carbons (Fsp3) is 0.857. The maximum Gasteiger partial charge on any atom is 0.0964 e. The van der Waals surface area contributed by atoms with Crippen LogP contribution in [0.25, 0.3) is 0 Å². The molecule has 0 radical (unpaired) electrons. The maximum atomic E-state index is 5.53. The van der Waals surface area contributed by atoms with E-state index in [1.165, 1.54) is 12.8 Å². The van der Waals surface area contributed by atoms with Gasteiger partial charge in [-0.3, -0.25) is 9.58 Å². The number of ether oxygens (including phenoxy) is 1. The highest BCUT2D eigenvalue weighted by Gasteiger charge is 2.22. The van der Waals surface area contributed by atoms with Crippen LogP contribution in [0.15, 0.2) is 6.20 Å². The van der Waals surface area contributed by atoms with Crippen molar-refractivity contribution in [2.75, 3.05) is 26.3 Å². The van der Waals surface area contributed by atoms with Crippen molar-refractivity contribution in [1.29, 1.82) is 0 Å². The number of aromatic nitrogens is 3. The van der Waals surface area contributed by atoms with Crippen molar-refractivity contribution in [2.45, 2.75) is 51.4 Å². The lowest BCUT2D eigenvalue weighted by Crippen LogP contribution is -2.46. The summed E-state index contributed by atoms with van der Waals surface area (Å²) in [6.45, 7) is 7.76. The molecule has 1 aromatic heterocycles. The molecule has 0 aromatic carbocycles. The van der Waals surface area contributed by atoms with Gasteiger partial charge in [-0.1, -0.05) is 12.1 Å². The minimum atomic E-state index is 0.559. The standard InChI is InChI=1S/C14H25N5O/c1-2-14-11-20-8-7-18(14)5-6-19-10-13(16-17-19)9-15-12-3-4-12/h10,12,14-15H,2-9,11H2,1H3. The van der Waals surface area contributed by atoms with Crippen molar-refractivity contribution in [3.63, 3.8) is 0 Å². The highest BCUT2D eigenvalue weighted by atomic mass is 16.5. The van der Waals surface area contributed by atoms with E-state index in [-0.39, 0.29) is 0 Å². The van der Waals surface area contributed by atoms with Gasteiger partial charge in [-0.25, -0.2) is 0 Å². The van der Waals surface area contributed by atoms with E-state index in [4.69, 9.17) is 4.74 Å². The molecular weight excluding hydrogens is 254 g/mol. The quantitative estimate of drug-likeness (QED) is 0.794. The SMILES string of the molecule is CCC1COCCN1CCn1cc(CNC2CC2)nn1. The highest BCUT2D eigenvalue weighted by Crippen LogP contribution is 2.18. The second-order valence-electron chi connectivity index (χ2n) is 5.80. The van der Waals surface area contributed by atoms with E-state index < -0.39 is 0 Å². The number of morpholine rings is 1. The molecule has 1 saturated heterocycles. The number of nitrogens with one attached hydrogen (secondary N) is 1. The van der Waals surface area contributed by atoms with Crippen molar-refractivity contribution in [3.8, 4) is 0 Å². The lowest BCUT2D eigenvalue weighted by atomic mass is 10.2. The minimum Gasteiger partial charge on any atom is -0.378 e. The predicted octanol–water partition coefficient (Wildman–Crippen LogP) is 0.641. The first-order valence-corrected chi connectivity index (χ1v) is 7.79. The van der Waals surface area contributed by atoms with Crippen LogP contribution in [-0.4, -0.2) is 58.3 Å². The summed E-state index contributed by atoms with van der Waals surface area (Å²) >= 11 is 0. The van der Waals surface area contributed by atoms with Crippen molar-refractivity contribution in [3.05, 3.63) is 11.9 Å². The lowest BCUT2D eigenvalue weighted by Gasteiger charge is -2.34. The molecule has 1 aliphatic heterocycles. The molecule has 2 aliphatic rings. The summed E-state index contributed by atoms with van der Waals surface area (Å²) in [7, 11) is 0. The van der Waals surface area contributed by atoms with Gasteiger partial charge in [-0.05, 0) is 19.3 Å². The Balaban J connectivity index is 1.44. The largest absolute Gasteiger partial charge is 0.378 e. The molecule has 3 rings (SSSR count). The second-order valence-corrected chi connectivity index (χ2v) is 5.80. The van der Waals surface area contributed by atoms with Gasteiger partial charge in [0.05, 0.1) is 25.5 Å². The fourth-order valence-corrected chi connectivity index (χ4v) is 2.66. The summed E-state index contributed by atoms with van der Waals surface area (Å²) in [5.41, 5.74) is 1.05. The van der Waals surface area contributed by atoms with Gasteiger partial charge in [-0.2, -0.15) is 0 Å². The summed E-state index contributed by atoms with van der Waals surface area (Å²) < 4.78 is 7.50. The van der Waals surface area contributed by atoms with Crippen LogP contribution >= 0.6 is 0 Å². The molecule has 2 heterocycles. The number of hydrogen-bond acceptors (Lipinski definition) is 5. The number of hydrogen-bond donors (Lipinski definition) is 1. The topological polar surface area (TPSA) is 55.2 Å². The summed E-state index contributed by atoms with van der Waals surface area (Å²) in [5.74, 6) is 0. The molecule has 6 heteroatoms. The van der Waals surface area contributed by atoms with Crippen LogP contribution in [-0.2, 0) is 17.8 Å². The Kier molecular flexibility index (Phi) is 4.65. The van der Waals surface area contributed by atoms with Crippen LogP contribution in [0.5, 0.6) is 0 Å². The van der Waals surface area contributed by atoms with Crippen molar-refractivity contribution < 1.29 is 4.74 Å². The van der Waals surface area contributed by atoms with Gasteiger partial charge >= 0.3 is 0 Å². The van der Waals surface area contributed by atoms with Crippen molar-refractivity contribution >= 4 is 0 Å². The molecular formula is C14H25N5O. The van der Waals surface area contributed by atoms with Gasteiger partial charge in [0.15, 0.2) is 0 Å². The zero-order chi connectivity index (χ0) is 13.8. The van der Waals surface area contributed by atoms with E-state index in [2.05, 4.69) is 33.6 Å². The number of nitrogens with zero attached hydrogens (tertiary/aromatic N) is 4. The Bertz CT molecular complexity index is 417. The van der Waals surface area contributed by atoms with Crippen molar-refractivity contribution in [1.82, 2.24) is 25.2 Å². The zero-order valence-electron chi connectivity index (χ0n) is 12.3. The van der Waals surface area contributed by atoms with Crippen molar-refractivity contribution in [2.24, 2.45) is 0 Å². The van der Waals surface area contributed by atoms with Crippen LogP contribution < -0.4 is 5.32 Å². The smallest absolute Gasteiger partial charge is 0.0964 e. The van der Waals surface area contributed by atoms with Gasteiger partial charge in [-0.15, -0.1) is 5.10 Å². The first kappa shape index (κ1) is 14.0. The van der Waals surface area contributed by atoms with Crippen LogP contribution in [0.1, 0.15) is 31.9 Å². The molecule has 0 spiro atoms. The molecule has 112 valence electrons. The second kappa shape index (κ2) is 6.65. The molecule has 1 aliphatic carbocycles. The summed E-state index contributed by atoms with van der Waals surface area (Å²) in [6, 6.07) is 1.28. The van der Waals surface area contributed by atoms with Crippen LogP contribution in [0.3, 0.4) is 0 Å². The Morgan fingerprint density at radius 2 is 2.30 bits per heavy atom. The Morgan fingerprint density at radius 1 is 1.40 bits per heavy atom. The van der Waals surface area contributed by atoms with E-state index in [1.54, 1.807) is 0 Å². The normalized spacial score (nSPS) is 24.1. The summed E-state index contributed by atoms with van der Waals surface area (Å²) in [4.78, 5) is 2.51. The van der Waals surface area contributed by atoms with E-state index in [0.29, 0.717) is 6.04 Å². The van der Waals surface area contributed by atoms with Gasteiger partial charge < -0.3 is 10.1 Å². The minimum absolute atomic E-state index is 0.559. The zero-order valence-corrected chi connectivity index (χ0v) is 12.3. The van der Waals surface area contributed by atoms with Crippen LogP contribution in [0.4, 0.5) is 0 Å². The molecule has 2 fully saturated rings. The van der Waals surface area contributed by atoms with E-state index in [0.717, 1.165) is 57.5 Å². The van der Waals surface area contributed by atoms with E-state index in [1.807, 2.05) is 4.68 Å². The van der Waals surface area contributed by atoms with Crippen LogP contribution in [0, 0.1) is 0 Å². The highest BCUT2D eigenvalue weighted by molar-refractivity contribution is 4.94. The molecule has 0 bridgehead atoms. The number of rotatable bonds is 7. The monoisotopic (exact) mass is 279 g/mol. The van der Waals surface area contributed by atoms with E-state index >= 15 is 0 Å². The molecule has 1 saturated carbocycles. The molecule has 20 heavy (non-hydrogen) atoms. The average Bonchev–Trinajstić information content (AvgIpc) is 3.21. The van der Waals surface area contributed by atoms with Gasteiger partial charge in [0.1, 0.15) is 0 Å². The fourth-order valence-electron chi connectivity index (χ4n) is 2.66. The molecule has 0 amide bonds. The van der Waals surface area contributed by atoms with E-state index in [9.17, 15) is 0 Å². The first-order valence-electron chi connectivity index (χ1n) is 7.79. The van der Waals surface area contributed by atoms with Gasteiger partial charge in [0.2, 0.25) is 0 Å². The third-order valence-electron chi connectivity index (χ3n) is 4.17.